The van der Waals surface area contributed by atoms with Gasteiger partial charge in [0.25, 0.3) is 0 Å². The van der Waals surface area contributed by atoms with Crippen LogP contribution in [0.1, 0.15) is 17.3 Å². The molecule has 0 spiro atoms. The third-order valence-electron chi connectivity index (χ3n) is 3.02. The minimum absolute atomic E-state index is 0.159. The fourth-order valence-corrected chi connectivity index (χ4v) is 2.65. The number of carbonyl (C=O) groups is 2. The smallest absolute Gasteiger partial charge is 0.342 e. The molecule has 1 unspecified atom stereocenters. The van der Waals surface area contributed by atoms with Crippen LogP contribution in [0.2, 0.25) is 0 Å². The van der Waals surface area contributed by atoms with Gasteiger partial charge in [0.05, 0.1) is 12.3 Å². The summed E-state index contributed by atoms with van der Waals surface area (Å²) in [7, 11) is 0. The fraction of sp³-hybridized carbons (Fsp3) is 0.267. The molecule has 0 aromatic heterocycles. The second-order valence-corrected chi connectivity index (χ2v) is 5.12. The Labute approximate surface area is 127 Å². The highest BCUT2D eigenvalue weighted by atomic mass is 32.2. The third kappa shape index (κ3) is 3.00. The van der Waals surface area contributed by atoms with Crippen molar-refractivity contribution in [3.63, 3.8) is 0 Å². The molecule has 0 radical (unpaired) electrons. The lowest BCUT2D eigenvalue weighted by Crippen LogP contribution is -2.25. The van der Waals surface area contributed by atoms with E-state index in [-0.39, 0.29) is 23.7 Å². The Kier molecular flexibility index (Phi) is 4.80. The lowest BCUT2D eigenvalue weighted by atomic mass is 10.0. The molecule has 110 valence electrons. The highest BCUT2D eigenvalue weighted by Gasteiger charge is 2.35. The van der Waals surface area contributed by atoms with Crippen molar-refractivity contribution in [3.05, 3.63) is 47.2 Å². The molecule has 1 aliphatic rings. The molecule has 21 heavy (non-hydrogen) atoms. The largest absolute Gasteiger partial charge is 0.462 e. The number of nitrogens with zero attached hydrogens (tertiary/aromatic N) is 1. The number of hydrogen-bond acceptors (Lipinski definition) is 6. The van der Waals surface area contributed by atoms with Crippen LogP contribution in [0.25, 0.3) is 0 Å². The fourth-order valence-electron chi connectivity index (χ4n) is 2.03. The quantitative estimate of drug-likeness (QED) is 0.677. The van der Waals surface area contributed by atoms with Gasteiger partial charge in [-0.3, -0.25) is 9.79 Å². The molecule has 1 aromatic rings. The van der Waals surface area contributed by atoms with Crippen LogP contribution in [0.4, 0.5) is 0 Å². The molecule has 0 fully saturated rings. The van der Waals surface area contributed by atoms with Gasteiger partial charge in [-0.1, -0.05) is 30.3 Å². The van der Waals surface area contributed by atoms with Gasteiger partial charge in [0, 0.05) is 5.56 Å². The number of hydrogen-bond donors (Lipinski definition) is 1. The summed E-state index contributed by atoms with van der Waals surface area (Å²) in [6.45, 7) is 1.96. The first kappa shape index (κ1) is 15.3. The number of Topliss-reactive ketones (excluding diaryl/α,β-unsaturated/α-hetero) is 1. The van der Waals surface area contributed by atoms with Gasteiger partial charge >= 0.3 is 5.97 Å². The average Bonchev–Trinajstić information content (AvgIpc) is 2.84. The molecule has 0 saturated heterocycles. The second-order valence-electron chi connectivity index (χ2n) is 4.32. The Morgan fingerprint density at radius 1 is 1.33 bits per heavy atom. The molecule has 6 heteroatoms. The lowest BCUT2D eigenvalue weighted by Gasteiger charge is -2.08. The van der Waals surface area contributed by atoms with Crippen molar-refractivity contribution in [2.45, 2.75) is 13.0 Å². The number of carbonyl (C=O) groups excluding carboxylic acids is 2. The topological polar surface area (TPSA) is 81.8 Å². The average molecular weight is 304 g/mol. The minimum atomic E-state index is -0.853. The van der Waals surface area contributed by atoms with E-state index in [1.165, 1.54) is 11.8 Å². The summed E-state index contributed by atoms with van der Waals surface area (Å²) in [6, 6.07) is 7.92. The Balaban J connectivity index is 2.36. The first-order valence-corrected chi connectivity index (χ1v) is 7.70. The standard InChI is InChI=1S/C15H16N2O3S/c1-3-20-15(19)10-11(16)12(17-14(10)21-2)13(18)9-7-5-4-6-8-9/h4-8,12H,3,16H2,1-2H3. The molecular formula is C15H16N2O3S. The molecule has 1 aliphatic heterocycles. The van der Waals surface area contributed by atoms with Crippen LogP contribution in [0.3, 0.4) is 0 Å². The van der Waals surface area contributed by atoms with Gasteiger partial charge < -0.3 is 10.5 Å². The van der Waals surface area contributed by atoms with E-state index in [1.807, 2.05) is 6.07 Å². The number of ether oxygens (including phenoxy) is 1. The number of esters is 1. The highest BCUT2D eigenvalue weighted by molar-refractivity contribution is 8.14. The van der Waals surface area contributed by atoms with E-state index in [1.54, 1.807) is 37.4 Å². The van der Waals surface area contributed by atoms with Crippen molar-refractivity contribution in [3.8, 4) is 0 Å². The second kappa shape index (κ2) is 6.58. The van der Waals surface area contributed by atoms with Gasteiger partial charge in [-0.25, -0.2) is 4.79 Å². The first-order valence-electron chi connectivity index (χ1n) is 6.48. The maximum absolute atomic E-state index is 12.5. The van der Waals surface area contributed by atoms with Gasteiger partial charge in [-0.15, -0.1) is 11.8 Å². The van der Waals surface area contributed by atoms with Crippen LogP contribution in [0, 0.1) is 0 Å². The lowest BCUT2D eigenvalue weighted by molar-refractivity contribution is -0.137. The molecule has 2 rings (SSSR count). The van der Waals surface area contributed by atoms with Gasteiger partial charge in [0.1, 0.15) is 10.6 Å². The summed E-state index contributed by atoms with van der Waals surface area (Å²) in [5.41, 5.74) is 6.87. The minimum Gasteiger partial charge on any atom is -0.462 e. The van der Waals surface area contributed by atoms with E-state index >= 15 is 0 Å². The Bertz CT molecular complexity index is 623. The van der Waals surface area contributed by atoms with E-state index in [9.17, 15) is 9.59 Å². The molecule has 1 aromatic carbocycles. The third-order valence-corrected chi connectivity index (χ3v) is 3.72. The van der Waals surface area contributed by atoms with E-state index in [0.29, 0.717) is 10.6 Å². The highest BCUT2D eigenvalue weighted by Crippen LogP contribution is 2.27. The number of thioether (sulfide) groups is 1. The van der Waals surface area contributed by atoms with E-state index < -0.39 is 12.0 Å². The van der Waals surface area contributed by atoms with E-state index in [2.05, 4.69) is 4.99 Å². The zero-order valence-corrected chi connectivity index (χ0v) is 12.6. The van der Waals surface area contributed by atoms with E-state index in [4.69, 9.17) is 10.5 Å². The molecule has 1 heterocycles. The van der Waals surface area contributed by atoms with Crippen LogP contribution in [-0.2, 0) is 9.53 Å². The zero-order chi connectivity index (χ0) is 15.4. The molecule has 0 amide bonds. The number of ketones is 1. The Hall–Kier alpha value is -2.08. The predicted molar refractivity (Wildman–Crippen MR) is 83.4 cm³/mol. The molecule has 0 saturated carbocycles. The SMILES string of the molecule is CCOC(=O)C1=C(N)C(C(=O)c2ccccc2)N=C1SC. The molecule has 0 aliphatic carbocycles. The summed E-state index contributed by atoms with van der Waals surface area (Å²) in [5, 5.41) is 0.445. The number of benzene rings is 1. The number of aliphatic imine (C=N–C) groups is 1. The van der Waals surface area contributed by atoms with Crippen molar-refractivity contribution in [1.82, 2.24) is 0 Å². The number of rotatable bonds is 4. The van der Waals surface area contributed by atoms with Crippen molar-refractivity contribution in [1.29, 1.82) is 0 Å². The maximum atomic E-state index is 12.5. The number of nitrogens with two attached hydrogens (primary N) is 1. The Morgan fingerprint density at radius 2 is 2.00 bits per heavy atom. The molecule has 5 nitrogen and oxygen atoms in total. The van der Waals surface area contributed by atoms with Crippen LogP contribution < -0.4 is 5.73 Å². The predicted octanol–water partition coefficient (Wildman–Crippen LogP) is 1.79. The van der Waals surface area contributed by atoms with Crippen LogP contribution in [-0.4, -0.2) is 35.7 Å². The molecule has 1 atom stereocenters. The summed E-state index contributed by atoms with van der Waals surface area (Å²) in [5.74, 6) is -0.759. The summed E-state index contributed by atoms with van der Waals surface area (Å²) >= 11 is 1.27. The molecular weight excluding hydrogens is 288 g/mol. The first-order chi connectivity index (χ1) is 10.1. The normalized spacial score (nSPS) is 17.6. The van der Waals surface area contributed by atoms with Crippen LogP contribution >= 0.6 is 11.8 Å². The van der Waals surface area contributed by atoms with Gasteiger partial charge in [0.15, 0.2) is 11.8 Å². The summed E-state index contributed by atoms with van der Waals surface area (Å²) < 4.78 is 4.98. The maximum Gasteiger partial charge on any atom is 0.342 e. The van der Waals surface area contributed by atoms with Crippen molar-refractivity contribution in [2.75, 3.05) is 12.9 Å². The van der Waals surface area contributed by atoms with Crippen LogP contribution in [0.15, 0.2) is 46.6 Å². The van der Waals surface area contributed by atoms with Gasteiger partial charge in [-0.2, -0.15) is 0 Å². The van der Waals surface area contributed by atoms with Crippen molar-refractivity contribution >= 4 is 28.6 Å². The van der Waals surface area contributed by atoms with Crippen molar-refractivity contribution in [2.24, 2.45) is 10.7 Å². The van der Waals surface area contributed by atoms with Gasteiger partial charge in [-0.05, 0) is 13.2 Å². The Morgan fingerprint density at radius 3 is 2.57 bits per heavy atom. The molecule has 2 N–H and O–H groups in total. The summed E-state index contributed by atoms with van der Waals surface area (Å²) in [4.78, 5) is 28.7. The summed E-state index contributed by atoms with van der Waals surface area (Å²) in [6.07, 6.45) is 1.78. The molecule has 0 bridgehead atoms. The zero-order valence-electron chi connectivity index (χ0n) is 11.8. The van der Waals surface area contributed by atoms with Crippen molar-refractivity contribution < 1.29 is 14.3 Å². The van der Waals surface area contributed by atoms with Crippen LogP contribution in [0.5, 0.6) is 0 Å². The monoisotopic (exact) mass is 304 g/mol. The van der Waals surface area contributed by atoms with E-state index in [0.717, 1.165) is 0 Å². The van der Waals surface area contributed by atoms with Gasteiger partial charge in [0.2, 0.25) is 0 Å².